The van der Waals surface area contributed by atoms with Crippen molar-refractivity contribution < 1.29 is 9.59 Å². The van der Waals surface area contributed by atoms with Crippen LogP contribution in [0, 0.1) is 0 Å². The quantitative estimate of drug-likeness (QED) is 0.303. The van der Waals surface area contributed by atoms with Gasteiger partial charge in [0.25, 0.3) is 0 Å². The molecule has 0 rings (SSSR count). The van der Waals surface area contributed by atoms with Crippen LogP contribution in [0.5, 0.6) is 0 Å². The second kappa shape index (κ2) is 5.12. The summed E-state index contributed by atoms with van der Waals surface area (Å²) in [5, 5.41) is 0. The average Bonchev–Trinajstić information content (AvgIpc) is 1.64. The van der Waals surface area contributed by atoms with Crippen molar-refractivity contribution in [2.75, 3.05) is 0 Å². The normalized spacial score (nSPS) is 8.44. The Kier molecular flexibility index (Phi) is 6.84. The Balaban J connectivity index is 0. The van der Waals surface area contributed by atoms with Crippen molar-refractivity contribution in [3.63, 3.8) is 0 Å². The highest BCUT2D eigenvalue weighted by Crippen LogP contribution is 2.00. The molecule has 0 radical (unpaired) electrons. The zero-order valence-electron chi connectivity index (χ0n) is 4.97. The van der Waals surface area contributed by atoms with E-state index in [0.717, 1.165) is 0 Å². The van der Waals surface area contributed by atoms with Crippen molar-refractivity contribution in [1.29, 1.82) is 0 Å². The minimum atomic E-state index is -0.491. The Bertz CT molecular complexity index is 110. The molecule has 0 amide bonds. The molecule has 1 unspecified atom stereocenters. The Labute approximate surface area is 67.7 Å². The highest BCUT2D eigenvalue weighted by atomic mass is 31.0. The van der Waals surface area contributed by atoms with E-state index in [2.05, 4.69) is 9.24 Å². The van der Waals surface area contributed by atoms with Crippen LogP contribution in [0.1, 0.15) is 13.8 Å². The third-order valence-corrected chi connectivity index (χ3v) is 1.81. The van der Waals surface area contributed by atoms with Crippen LogP contribution < -0.4 is 0 Å². The SMILES string of the molecule is CC(=O)C(P)C(C)=O.[AlH3]. The van der Waals surface area contributed by atoms with Gasteiger partial charge in [0.05, 0.1) is 5.66 Å². The molecule has 0 aliphatic heterocycles. The maximum Gasteiger partial charge on any atom is 0.187 e. The lowest BCUT2D eigenvalue weighted by atomic mass is 10.2. The van der Waals surface area contributed by atoms with E-state index in [9.17, 15) is 9.59 Å². The summed E-state index contributed by atoms with van der Waals surface area (Å²) in [4.78, 5) is 20.7. The summed E-state index contributed by atoms with van der Waals surface area (Å²) >= 11 is 0. The van der Waals surface area contributed by atoms with E-state index in [0.29, 0.717) is 0 Å². The maximum atomic E-state index is 10.3. The van der Waals surface area contributed by atoms with Crippen molar-refractivity contribution in [2.45, 2.75) is 19.5 Å². The van der Waals surface area contributed by atoms with Gasteiger partial charge in [0.15, 0.2) is 17.4 Å². The monoisotopic (exact) mass is 162 g/mol. The summed E-state index contributed by atoms with van der Waals surface area (Å²) in [6.45, 7) is 2.80. The lowest BCUT2D eigenvalue weighted by Gasteiger charge is -1.97. The highest BCUT2D eigenvalue weighted by molar-refractivity contribution is 7.21. The largest absolute Gasteiger partial charge is 0.299 e. The molecule has 2 nitrogen and oxygen atoms in total. The number of carbonyl (C=O) groups is 2. The van der Waals surface area contributed by atoms with E-state index in [1.165, 1.54) is 13.8 Å². The average molecular weight is 162 g/mol. The lowest BCUT2D eigenvalue weighted by Crippen LogP contribution is -2.17. The van der Waals surface area contributed by atoms with Gasteiger partial charge in [-0.1, -0.05) is 0 Å². The van der Waals surface area contributed by atoms with Gasteiger partial charge in [-0.3, -0.25) is 9.59 Å². The fourth-order valence-electron chi connectivity index (χ4n) is 0.286. The zero-order valence-corrected chi connectivity index (χ0v) is 6.13. The van der Waals surface area contributed by atoms with E-state index in [4.69, 9.17) is 0 Å². The molecule has 0 N–H and O–H groups in total. The van der Waals surface area contributed by atoms with Gasteiger partial charge in [0, 0.05) is 0 Å². The van der Waals surface area contributed by atoms with Gasteiger partial charge < -0.3 is 0 Å². The number of hydrogen-bond acceptors (Lipinski definition) is 2. The molecule has 1 atom stereocenters. The Morgan fingerprint density at radius 2 is 1.44 bits per heavy atom. The Morgan fingerprint density at radius 1 is 1.22 bits per heavy atom. The standard InChI is InChI=1S/C5H9O2P.Al.3H/c1-3(6)5(8)4(2)7;;;;/h5H,8H2,1-2H3;;;;. The molecular weight excluding hydrogens is 150 g/mol. The Hall–Kier alpha value is 0.302. The van der Waals surface area contributed by atoms with Crippen molar-refractivity contribution in [1.82, 2.24) is 0 Å². The molecule has 0 aromatic carbocycles. The minimum Gasteiger partial charge on any atom is -0.299 e. The van der Waals surface area contributed by atoms with Gasteiger partial charge in [-0.15, -0.1) is 9.24 Å². The summed E-state index contributed by atoms with van der Waals surface area (Å²) in [7, 11) is 2.19. The first-order valence-electron chi connectivity index (χ1n) is 2.32. The van der Waals surface area contributed by atoms with Crippen molar-refractivity contribution in [2.24, 2.45) is 0 Å². The number of Topliss-reactive ketones (excluding diaryl/α,β-unsaturated/α-hetero) is 2. The minimum absolute atomic E-state index is 0. The van der Waals surface area contributed by atoms with Crippen molar-refractivity contribution in [3.05, 3.63) is 0 Å². The molecule has 0 saturated carbocycles. The molecular formula is C5H12AlO2P. The molecule has 0 aliphatic carbocycles. The molecule has 0 spiro atoms. The number of ketones is 2. The van der Waals surface area contributed by atoms with Gasteiger partial charge in [0.1, 0.15) is 11.6 Å². The molecule has 0 aliphatic rings. The number of hydrogen-bond donors (Lipinski definition) is 0. The van der Waals surface area contributed by atoms with E-state index in [-0.39, 0.29) is 28.9 Å². The molecule has 0 aromatic heterocycles. The van der Waals surface area contributed by atoms with Crippen LogP contribution in [-0.4, -0.2) is 34.6 Å². The van der Waals surface area contributed by atoms with Crippen molar-refractivity contribution >= 4 is 38.2 Å². The predicted molar refractivity (Wildman–Crippen MR) is 44.8 cm³/mol. The van der Waals surface area contributed by atoms with Gasteiger partial charge in [-0.05, 0) is 13.8 Å². The maximum absolute atomic E-state index is 10.3. The van der Waals surface area contributed by atoms with Gasteiger partial charge >= 0.3 is 0 Å². The fourth-order valence-corrected chi connectivity index (χ4v) is 0.286. The first-order valence-corrected chi connectivity index (χ1v) is 2.99. The first kappa shape index (κ1) is 12.0. The van der Waals surface area contributed by atoms with E-state index in [1.807, 2.05) is 0 Å². The van der Waals surface area contributed by atoms with Crippen LogP contribution in [-0.2, 0) is 9.59 Å². The zero-order chi connectivity index (χ0) is 6.73. The summed E-state index contributed by atoms with van der Waals surface area (Å²) in [5.74, 6) is -0.190. The smallest absolute Gasteiger partial charge is 0.187 e. The molecule has 0 aromatic rings. The van der Waals surface area contributed by atoms with Crippen LogP contribution in [0.2, 0.25) is 0 Å². The highest BCUT2D eigenvalue weighted by Gasteiger charge is 2.11. The van der Waals surface area contributed by atoms with Crippen LogP contribution in [0.15, 0.2) is 0 Å². The molecule has 52 valence electrons. The van der Waals surface area contributed by atoms with Crippen LogP contribution in [0.3, 0.4) is 0 Å². The molecule has 0 heterocycles. The van der Waals surface area contributed by atoms with E-state index < -0.39 is 5.66 Å². The fraction of sp³-hybridized carbons (Fsp3) is 0.600. The topological polar surface area (TPSA) is 34.1 Å². The van der Waals surface area contributed by atoms with Crippen LogP contribution in [0.4, 0.5) is 0 Å². The van der Waals surface area contributed by atoms with Gasteiger partial charge in [-0.25, -0.2) is 0 Å². The molecule has 4 heteroatoms. The number of rotatable bonds is 2. The van der Waals surface area contributed by atoms with E-state index >= 15 is 0 Å². The molecule has 0 bridgehead atoms. The second-order valence-corrected chi connectivity index (χ2v) is 2.37. The van der Waals surface area contributed by atoms with Gasteiger partial charge in [-0.2, -0.15) is 0 Å². The summed E-state index contributed by atoms with van der Waals surface area (Å²) in [6.07, 6.45) is 0. The molecule has 0 saturated heterocycles. The van der Waals surface area contributed by atoms with Crippen molar-refractivity contribution in [3.8, 4) is 0 Å². The molecule has 0 fully saturated rings. The lowest BCUT2D eigenvalue weighted by molar-refractivity contribution is -0.123. The third-order valence-electron chi connectivity index (χ3n) is 0.876. The third kappa shape index (κ3) is 4.78. The Morgan fingerprint density at radius 3 is 1.44 bits per heavy atom. The number of carbonyl (C=O) groups excluding carboxylic acids is 2. The summed E-state index contributed by atoms with van der Waals surface area (Å²) in [5.41, 5.74) is -0.491. The molecule has 9 heavy (non-hydrogen) atoms. The van der Waals surface area contributed by atoms with E-state index in [1.54, 1.807) is 0 Å². The summed E-state index contributed by atoms with van der Waals surface area (Å²) < 4.78 is 0. The summed E-state index contributed by atoms with van der Waals surface area (Å²) in [6, 6.07) is 0. The van der Waals surface area contributed by atoms with Crippen LogP contribution in [0.25, 0.3) is 0 Å². The van der Waals surface area contributed by atoms with Crippen LogP contribution >= 0.6 is 9.24 Å². The predicted octanol–water partition coefficient (Wildman–Crippen LogP) is -0.776. The van der Waals surface area contributed by atoms with Gasteiger partial charge in [0.2, 0.25) is 0 Å². The first-order chi connectivity index (χ1) is 3.55. The second-order valence-electron chi connectivity index (χ2n) is 1.70.